The van der Waals surface area contributed by atoms with Crippen LogP contribution in [0.4, 0.5) is 24.8 Å². The van der Waals surface area contributed by atoms with Crippen LogP contribution in [0.2, 0.25) is 0 Å². The molecule has 0 radical (unpaired) electrons. The lowest BCUT2D eigenvalue weighted by molar-refractivity contribution is -0.138. The third kappa shape index (κ3) is 5.54. The zero-order valence-corrected chi connectivity index (χ0v) is 22.7. The number of anilines is 2. The summed E-state index contributed by atoms with van der Waals surface area (Å²) < 4.78 is 49.3. The van der Waals surface area contributed by atoms with E-state index in [1.807, 2.05) is 6.92 Å². The number of fused-ring (bicyclic) bond motifs is 1. The Balaban J connectivity index is 1.62. The number of rotatable bonds is 9. The van der Waals surface area contributed by atoms with Crippen LogP contribution in [0.1, 0.15) is 39.5 Å². The van der Waals surface area contributed by atoms with Crippen molar-refractivity contribution in [3.05, 3.63) is 76.6 Å². The van der Waals surface area contributed by atoms with Crippen LogP contribution < -0.4 is 10.2 Å². The van der Waals surface area contributed by atoms with Gasteiger partial charge in [0.15, 0.2) is 5.82 Å². The number of alkyl halides is 3. The second kappa shape index (κ2) is 11.6. The number of hydrogen-bond donors (Lipinski definition) is 2. The van der Waals surface area contributed by atoms with Crippen molar-refractivity contribution in [3.8, 4) is 28.6 Å². The zero-order valence-electron chi connectivity index (χ0n) is 22.7. The summed E-state index contributed by atoms with van der Waals surface area (Å²) in [6.07, 6.45) is -3.17. The van der Waals surface area contributed by atoms with Gasteiger partial charge in [0.2, 0.25) is 0 Å². The monoisotopic (exact) mass is 577 g/mol. The largest absolute Gasteiger partial charge is 0.416 e. The number of carbonyl (C=O) groups is 1. The molecule has 0 bridgehead atoms. The van der Waals surface area contributed by atoms with E-state index < -0.39 is 17.6 Å². The Morgan fingerprint density at radius 2 is 1.95 bits per heavy atom. The Bertz CT molecular complexity index is 1690. The van der Waals surface area contributed by atoms with Crippen LogP contribution in [0.15, 0.2) is 48.8 Å². The van der Waals surface area contributed by atoms with Gasteiger partial charge in [0.25, 0.3) is 5.91 Å². The molecule has 1 aliphatic rings. The first kappa shape index (κ1) is 28.7. The van der Waals surface area contributed by atoms with E-state index >= 15 is 0 Å². The summed E-state index contributed by atoms with van der Waals surface area (Å²) in [5, 5.41) is 29.7. The fourth-order valence-corrected chi connectivity index (χ4v) is 4.90. The van der Waals surface area contributed by atoms with Gasteiger partial charge in [0.05, 0.1) is 43.6 Å². The van der Waals surface area contributed by atoms with E-state index in [4.69, 9.17) is 9.84 Å². The van der Waals surface area contributed by atoms with Crippen molar-refractivity contribution in [2.24, 2.45) is 7.05 Å². The maximum Gasteiger partial charge on any atom is 0.416 e. The maximum atomic E-state index is 14.1. The topological polar surface area (TPSA) is 129 Å². The van der Waals surface area contributed by atoms with Crippen LogP contribution in [-0.2, 0) is 31.1 Å². The summed E-state index contributed by atoms with van der Waals surface area (Å²) in [7, 11) is 1.77. The number of nitriles is 1. The van der Waals surface area contributed by atoms with Gasteiger partial charge in [0.1, 0.15) is 18.0 Å². The number of hydrogen-bond acceptors (Lipinski definition) is 8. The molecule has 1 aliphatic heterocycles. The molecule has 2 aromatic heterocycles. The zero-order chi connectivity index (χ0) is 30.0. The third-order valence-corrected chi connectivity index (χ3v) is 6.77. The Morgan fingerprint density at radius 3 is 2.62 bits per heavy atom. The molecule has 0 fully saturated rings. The average molecular weight is 578 g/mol. The molecule has 0 aliphatic carbocycles. The Kier molecular flexibility index (Phi) is 7.93. The summed E-state index contributed by atoms with van der Waals surface area (Å²) in [5.74, 6) is 0.446. The molecule has 0 unspecified atom stereocenters. The summed E-state index contributed by atoms with van der Waals surface area (Å²) in [6, 6.07) is 13.0. The molecule has 4 aromatic rings. The van der Waals surface area contributed by atoms with Crippen LogP contribution in [0.25, 0.3) is 22.5 Å². The Morgan fingerprint density at radius 1 is 1.14 bits per heavy atom. The SMILES string of the molecule is CCNc1cc(-c2ccc(C#N)cc2-c2nncn2C)cc(N2Cc3c(cc(COCCO)cc3C(F)(F)F)C2=O)n1. The molecular weight excluding hydrogens is 551 g/mol. The molecule has 2 N–H and O–H groups in total. The highest BCUT2D eigenvalue weighted by atomic mass is 19.4. The fourth-order valence-electron chi connectivity index (χ4n) is 4.90. The predicted octanol–water partition coefficient (Wildman–Crippen LogP) is 4.54. The first-order chi connectivity index (χ1) is 20.1. The minimum atomic E-state index is -4.70. The number of aromatic nitrogens is 4. The Labute approximate surface area is 239 Å². The predicted molar refractivity (Wildman–Crippen MR) is 147 cm³/mol. The molecule has 3 heterocycles. The highest BCUT2D eigenvalue weighted by Gasteiger charge is 2.41. The number of aryl methyl sites for hydroxylation is 1. The minimum Gasteiger partial charge on any atom is -0.394 e. The number of aliphatic hydroxyl groups excluding tert-OH is 1. The molecule has 0 saturated heterocycles. The highest BCUT2D eigenvalue weighted by Crippen LogP contribution is 2.41. The van der Waals surface area contributed by atoms with Gasteiger partial charge >= 0.3 is 6.18 Å². The van der Waals surface area contributed by atoms with E-state index in [9.17, 15) is 23.2 Å². The summed E-state index contributed by atoms with van der Waals surface area (Å²) in [5.41, 5.74) is 1.31. The van der Waals surface area contributed by atoms with E-state index in [1.54, 1.807) is 41.9 Å². The maximum absolute atomic E-state index is 14.1. The average Bonchev–Trinajstić information content (AvgIpc) is 3.54. The first-order valence-electron chi connectivity index (χ1n) is 13.0. The molecule has 2 aromatic carbocycles. The molecular formula is C29H26F3N7O3. The van der Waals surface area contributed by atoms with Crippen molar-refractivity contribution >= 4 is 17.5 Å². The standard InChI is InChI=1S/C29H26F3N7O3/c1-3-34-25-11-19(20-5-4-17(13-33)8-21(20)27-37-35-16-38(27)2)12-26(36-25)39-14-23-22(28(39)41)9-18(15-42-7-6-40)10-24(23)29(30,31)32/h4-5,8-12,16,40H,3,6-7,14-15H2,1-2H3,(H,34,36). The van der Waals surface area contributed by atoms with Crippen LogP contribution in [0.5, 0.6) is 0 Å². The molecule has 216 valence electrons. The smallest absolute Gasteiger partial charge is 0.394 e. The lowest BCUT2D eigenvalue weighted by atomic mass is 9.97. The van der Waals surface area contributed by atoms with Gasteiger partial charge in [-0.15, -0.1) is 10.2 Å². The lowest BCUT2D eigenvalue weighted by Gasteiger charge is -2.19. The number of pyridine rings is 1. The number of nitrogens with one attached hydrogen (secondary N) is 1. The molecule has 42 heavy (non-hydrogen) atoms. The Hall–Kier alpha value is -4.80. The number of amides is 1. The molecule has 0 atom stereocenters. The van der Waals surface area contributed by atoms with E-state index in [0.29, 0.717) is 40.4 Å². The van der Waals surface area contributed by atoms with Crippen molar-refractivity contribution < 1.29 is 27.8 Å². The molecule has 0 saturated carbocycles. The minimum absolute atomic E-state index is 0.0475. The van der Waals surface area contributed by atoms with E-state index in [-0.39, 0.29) is 48.9 Å². The second-order valence-electron chi connectivity index (χ2n) is 9.60. The molecule has 0 spiro atoms. The van der Waals surface area contributed by atoms with Gasteiger partial charge in [0, 0.05) is 24.7 Å². The quantitative estimate of drug-likeness (QED) is 0.278. The van der Waals surface area contributed by atoms with E-state index in [1.165, 1.54) is 17.3 Å². The highest BCUT2D eigenvalue weighted by molar-refractivity contribution is 6.10. The van der Waals surface area contributed by atoms with Gasteiger partial charge in [-0.25, -0.2) is 4.98 Å². The third-order valence-electron chi connectivity index (χ3n) is 6.77. The number of aliphatic hydroxyl groups is 1. The number of halogens is 3. The summed E-state index contributed by atoms with van der Waals surface area (Å²) in [4.78, 5) is 19.4. The molecule has 5 rings (SSSR count). The van der Waals surface area contributed by atoms with Crippen LogP contribution in [-0.4, -0.2) is 50.5 Å². The van der Waals surface area contributed by atoms with Crippen molar-refractivity contribution in [2.75, 3.05) is 30.0 Å². The van der Waals surface area contributed by atoms with E-state index in [2.05, 4.69) is 26.6 Å². The van der Waals surface area contributed by atoms with Crippen molar-refractivity contribution in [3.63, 3.8) is 0 Å². The normalized spacial score (nSPS) is 12.9. The number of ether oxygens (including phenoxy) is 1. The molecule has 1 amide bonds. The van der Waals surface area contributed by atoms with Gasteiger partial charge < -0.3 is 19.7 Å². The van der Waals surface area contributed by atoms with Crippen LogP contribution in [0, 0.1) is 11.3 Å². The number of nitrogens with zero attached hydrogens (tertiary/aromatic N) is 6. The summed E-state index contributed by atoms with van der Waals surface area (Å²) in [6.45, 7) is 1.53. The number of benzene rings is 2. The van der Waals surface area contributed by atoms with Crippen molar-refractivity contribution in [1.29, 1.82) is 5.26 Å². The first-order valence-corrected chi connectivity index (χ1v) is 13.0. The van der Waals surface area contributed by atoms with Crippen molar-refractivity contribution in [1.82, 2.24) is 19.7 Å². The van der Waals surface area contributed by atoms with E-state index in [0.717, 1.165) is 6.07 Å². The van der Waals surface area contributed by atoms with Gasteiger partial charge in [-0.3, -0.25) is 9.69 Å². The molecule has 10 nitrogen and oxygen atoms in total. The fraction of sp³-hybridized carbons (Fsp3) is 0.276. The lowest BCUT2D eigenvalue weighted by Crippen LogP contribution is -2.24. The van der Waals surface area contributed by atoms with Gasteiger partial charge in [-0.2, -0.15) is 18.4 Å². The van der Waals surface area contributed by atoms with Gasteiger partial charge in [-0.05, 0) is 65.6 Å². The van der Waals surface area contributed by atoms with Gasteiger partial charge in [-0.1, -0.05) is 6.07 Å². The summed E-state index contributed by atoms with van der Waals surface area (Å²) >= 11 is 0. The van der Waals surface area contributed by atoms with Crippen LogP contribution >= 0.6 is 0 Å². The molecule has 13 heteroatoms. The van der Waals surface area contributed by atoms with Crippen molar-refractivity contribution in [2.45, 2.75) is 26.3 Å². The number of carbonyl (C=O) groups excluding carboxylic acids is 1. The second-order valence-corrected chi connectivity index (χ2v) is 9.60. The van der Waals surface area contributed by atoms with Crippen LogP contribution in [0.3, 0.4) is 0 Å².